The van der Waals surface area contributed by atoms with Crippen LogP contribution in [0.3, 0.4) is 0 Å². The van der Waals surface area contributed by atoms with Crippen molar-refractivity contribution >= 4 is 17.5 Å². The zero-order valence-electron chi connectivity index (χ0n) is 12.0. The van der Waals surface area contributed by atoms with Crippen molar-refractivity contribution in [1.82, 2.24) is 15.1 Å². The number of piperazine rings is 1. The lowest BCUT2D eigenvalue weighted by Gasteiger charge is -2.38. The van der Waals surface area contributed by atoms with Crippen molar-refractivity contribution in [2.75, 3.05) is 11.4 Å². The predicted molar refractivity (Wildman–Crippen MR) is 71.7 cm³/mol. The van der Waals surface area contributed by atoms with Gasteiger partial charge in [-0.1, -0.05) is 20.8 Å². The van der Waals surface area contributed by atoms with Crippen LogP contribution >= 0.6 is 0 Å². The zero-order valence-corrected chi connectivity index (χ0v) is 12.0. The average molecular weight is 264 g/mol. The molecule has 1 saturated heterocycles. The summed E-state index contributed by atoms with van der Waals surface area (Å²) in [4.78, 5) is 25.9. The Morgan fingerprint density at radius 1 is 1.37 bits per heavy atom. The number of nitrogens with zero attached hydrogens (tertiary/aromatic N) is 3. The van der Waals surface area contributed by atoms with Gasteiger partial charge in [0.05, 0.1) is 11.4 Å². The van der Waals surface area contributed by atoms with Crippen LogP contribution in [0.25, 0.3) is 0 Å². The maximum absolute atomic E-state index is 12.6. The number of amides is 2. The topological polar surface area (TPSA) is 67.2 Å². The molecule has 19 heavy (non-hydrogen) atoms. The molecule has 6 heteroatoms. The van der Waals surface area contributed by atoms with Gasteiger partial charge in [-0.3, -0.25) is 19.2 Å². The number of hydrogen-bond acceptors (Lipinski definition) is 3. The van der Waals surface area contributed by atoms with Gasteiger partial charge in [0.2, 0.25) is 5.91 Å². The Balaban J connectivity index is 2.38. The Labute approximate surface area is 112 Å². The quantitative estimate of drug-likeness (QED) is 0.808. The van der Waals surface area contributed by atoms with E-state index in [2.05, 4.69) is 10.4 Å². The van der Waals surface area contributed by atoms with Crippen molar-refractivity contribution in [3.63, 3.8) is 0 Å². The first kappa shape index (κ1) is 13.6. The molecular formula is C13H20N4O2. The van der Waals surface area contributed by atoms with Crippen LogP contribution < -0.4 is 10.2 Å². The second-order valence-electron chi connectivity index (χ2n) is 6.06. The summed E-state index contributed by atoms with van der Waals surface area (Å²) in [5.41, 5.74) is 1.14. The molecule has 0 saturated carbocycles. The van der Waals surface area contributed by atoms with Crippen LogP contribution in [0.5, 0.6) is 0 Å². The molecule has 1 aliphatic rings. The second-order valence-corrected chi connectivity index (χ2v) is 6.06. The number of hydrogen-bond donors (Lipinski definition) is 1. The van der Waals surface area contributed by atoms with Crippen LogP contribution in [0.1, 0.15) is 26.5 Å². The van der Waals surface area contributed by atoms with Crippen molar-refractivity contribution in [1.29, 1.82) is 0 Å². The zero-order chi connectivity index (χ0) is 14.4. The minimum atomic E-state index is -0.506. The lowest BCUT2D eigenvalue weighted by Crippen LogP contribution is -2.62. The van der Waals surface area contributed by atoms with Crippen LogP contribution in [0.15, 0.2) is 6.20 Å². The average Bonchev–Trinajstić information content (AvgIpc) is 2.59. The SMILES string of the molecule is Cc1nn(C)cc1N1CC(=O)NC(C(C)(C)C)C1=O. The highest BCUT2D eigenvalue weighted by Gasteiger charge is 2.41. The van der Waals surface area contributed by atoms with E-state index in [1.807, 2.05) is 27.7 Å². The van der Waals surface area contributed by atoms with Gasteiger partial charge in [-0.15, -0.1) is 0 Å². The third kappa shape index (κ3) is 2.47. The number of aryl methyl sites for hydroxylation is 2. The molecule has 104 valence electrons. The summed E-state index contributed by atoms with van der Waals surface area (Å²) in [7, 11) is 1.80. The lowest BCUT2D eigenvalue weighted by molar-refractivity contribution is -0.133. The largest absolute Gasteiger partial charge is 0.342 e. The molecular weight excluding hydrogens is 244 g/mol. The number of rotatable bonds is 1. The summed E-state index contributed by atoms with van der Waals surface area (Å²) in [5.74, 6) is -0.217. The molecule has 6 nitrogen and oxygen atoms in total. The van der Waals surface area contributed by atoms with Crippen LogP contribution in [0.2, 0.25) is 0 Å². The van der Waals surface area contributed by atoms with Gasteiger partial charge in [-0.2, -0.15) is 5.10 Å². The Hall–Kier alpha value is -1.85. The fourth-order valence-electron chi connectivity index (χ4n) is 2.29. The van der Waals surface area contributed by atoms with E-state index in [9.17, 15) is 9.59 Å². The normalized spacial score (nSPS) is 20.7. The van der Waals surface area contributed by atoms with E-state index in [0.717, 1.165) is 5.69 Å². The van der Waals surface area contributed by atoms with Gasteiger partial charge in [0, 0.05) is 13.2 Å². The molecule has 0 bridgehead atoms. The first-order valence-electron chi connectivity index (χ1n) is 6.31. The van der Waals surface area contributed by atoms with E-state index >= 15 is 0 Å². The number of anilines is 1. The van der Waals surface area contributed by atoms with Gasteiger partial charge in [0.25, 0.3) is 5.91 Å². The standard InChI is InChI=1S/C13H20N4O2/c1-8-9(6-16(5)15-8)17-7-10(18)14-11(12(17)19)13(2,3)4/h6,11H,7H2,1-5H3,(H,14,18). The van der Waals surface area contributed by atoms with Crippen LogP contribution in [0, 0.1) is 12.3 Å². The van der Waals surface area contributed by atoms with Gasteiger partial charge in [-0.25, -0.2) is 0 Å². The summed E-state index contributed by atoms with van der Waals surface area (Å²) in [6.45, 7) is 7.71. The molecule has 0 aliphatic carbocycles. The molecule has 1 unspecified atom stereocenters. The van der Waals surface area contributed by atoms with E-state index in [1.165, 1.54) is 4.90 Å². The van der Waals surface area contributed by atoms with Crippen molar-refractivity contribution < 1.29 is 9.59 Å². The summed E-state index contributed by atoms with van der Waals surface area (Å²) in [5, 5.41) is 7.00. The Bertz CT molecular complexity index is 527. The summed E-state index contributed by atoms with van der Waals surface area (Å²) < 4.78 is 1.65. The van der Waals surface area contributed by atoms with E-state index in [-0.39, 0.29) is 23.8 Å². The highest BCUT2D eigenvalue weighted by atomic mass is 16.2. The summed E-state index contributed by atoms with van der Waals surface area (Å²) in [6.07, 6.45) is 1.77. The number of carbonyl (C=O) groups is 2. The highest BCUT2D eigenvalue weighted by Crippen LogP contribution is 2.27. The molecule has 1 aliphatic heterocycles. The molecule has 0 spiro atoms. The summed E-state index contributed by atoms with van der Waals surface area (Å²) >= 11 is 0. The maximum Gasteiger partial charge on any atom is 0.250 e. The second kappa shape index (κ2) is 4.36. The van der Waals surface area contributed by atoms with Crippen LogP contribution in [-0.2, 0) is 16.6 Å². The number of nitrogens with one attached hydrogen (secondary N) is 1. The van der Waals surface area contributed by atoms with Crippen molar-refractivity contribution in [3.05, 3.63) is 11.9 Å². The molecule has 1 atom stereocenters. The molecule has 0 radical (unpaired) electrons. The maximum atomic E-state index is 12.6. The van der Waals surface area contributed by atoms with Gasteiger partial charge in [0.15, 0.2) is 0 Å². The molecule has 0 aromatic carbocycles. The predicted octanol–water partition coefficient (Wildman–Crippen LogP) is 0.606. The number of carbonyl (C=O) groups excluding carboxylic acids is 2. The smallest absolute Gasteiger partial charge is 0.250 e. The third-order valence-electron chi connectivity index (χ3n) is 3.26. The molecule has 1 aromatic heterocycles. The Kier molecular flexibility index (Phi) is 3.12. The van der Waals surface area contributed by atoms with Crippen molar-refractivity contribution in [3.8, 4) is 0 Å². The first-order chi connectivity index (χ1) is 8.70. The van der Waals surface area contributed by atoms with E-state index < -0.39 is 6.04 Å². The molecule has 2 amide bonds. The molecule has 1 N–H and O–H groups in total. The van der Waals surface area contributed by atoms with E-state index in [1.54, 1.807) is 17.9 Å². The Morgan fingerprint density at radius 2 is 2.00 bits per heavy atom. The third-order valence-corrected chi connectivity index (χ3v) is 3.26. The van der Waals surface area contributed by atoms with Crippen molar-refractivity contribution in [2.45, 2.75) is 33.7 Å². The van der Waals surface area contributed by atoms with Gasteiger partial charge >= 0.3 is 0 Å². The minimum Gasteiger partial charge on any atom is -0.342 e. The van der Waals surface area contributed by atoms with Gasteiger partial charge < -0.3 is 5.32 Å². The van der Waals surface area contributed by atoms with E-state index in [0.29, 0.717) is 5.69 Å². The van der Waals surface area contributed by atoms with Crippen LogP contribution in [-0.4, -0.2) is 34.2 Å². The van der Waals surface area contributed by atoms with Gasteiger partial charge in [0.1, 0.15) is 12.6 Å². The molecule has 2 heterocycles. The monoisotopic (exact) mass is 264 g/mol. The minimum absolute atomic E-state index is 0.0535. The molecule has 1 aromatic rings. The molecule has 1 fully saturated rings. The lowest BCUT2D eigenvalue weighted by atomic mass is 9.84. The Morgan fingerprint density at radius 3 is 2.47 bits per heavy atom. The molecule has 2 rings (SSSR count). The van der Waals surface area contributed by atoms with Crippen LogP contribution in [0.4, 0.5) is 5.69 Å². The van der Waals surface area contributed by atoms with Gasteiger partial charge in [-0.05, 0) is 12.3 Å². The number of aromatic nitrogens is 2. The van der Waals surface area contributed by atoms with E-state index in [4.69, 9.17) is 0 Å². The summed E-state index contributed by atoms with van der Waals surface area (Å²) in [6, 6.07) is -0.506. The highest BCUT2D eigenvalue weighted by molar-refractivity contribution is 6.07. The fraction of sp³-hybridized carbons (Fsp3) is 0.615. The first-order valence-corrected chi connectivity index (χ1v) is 6.31. The van der Waals surface area contributed by atoms with Crippen molar-refractivity contribution in [2.24, 2.45) is 12.5 Å². The fourth-order valence-corrected chi connectivity index (χ4v) is 2.29.